The van der Waals surface area contributed by atoms with Gasteiger partial charge in [-0.25, -0.2) is 0 Å². The number of nitrogens with one attached hydrogen (secondary N) is 1. The molecule has 0 spiro atoms. The molecule has 1 N–H and O–H groups in total. The van der Waals surface area contributed by atoms with Crippen LogP contribution in [0.15, 0.2) is 72.8 Å². The summed E-state index contributed by atoms with van der Waals surface area (Å²) in [6.45, 7) is 3.01. The molecule has 3 heteroatoms. The second-order valence-electron chi connectivity index (χ2n) is 7.13. The van der Waals surface area contributed by atoms with Gasteiger partial charge in [0.2, 0.25) is 0 Å². The fourth-order valence-corrected chi connectivity index (χ4v) is 3.96. The van der Waals surface area contributed by atoms with Gasteiger partial charge in [0, 0.05) is 25.3 Å². The van der Waals surface area contributed by atoms with Gasteiger partial charge in [-0.15, -0.1) is 0 Å². The van der Waals surface area contributed by atoms with E-state index in [2.05, 4.69) is 70.9 Å². The molecule has 0 aliphatic carbocycles. The van der Waals surface area contributed by atoms with Crippen molar-refractivity contribution in [1.82, 2.24) is 0 Å². The van der Waals surface area contributed by atoms with Crippen LogP contribution in [0.4, 0.5) is 11.4 Å². The van der Waals surface area contributed by atoms with Crippen molar-refractivity contribution in [2.24, 2.45) is 0 Å². The molecular formula is C24H25ClN2. The number of benzene rings is 3. The van der Waals surface area contributed by atoms with Crippen molar-refractivity contribution >= 4 is 23.0 Å². The average Bonchev–Trinajstić information content (AvgIpc) is 2.74. The number of rotatable bonds is 5. The van der Waals surface area contributed by atoms with Crippen LogP contribution in [0.1, 0.15) is 24.8 Å². The third kappa shape index (κ3) is 4.45. The topological polar surface area (TPSA) is 15.3 Å². The van der Waals surface area contributed by atoms with Crippen LogP contribution in [-0.2, 0) is 6.54 Å². The molecule has 1 saturated heterocycles. The SMILES string of the molecule is Clc1cc(NCc2ccc(-c3ccccc3)cc2)ccc1N1CCCCC1. The standard InChI is InChI=1S/C24H25ClN2/c25-23-17-22(13-14-24(23)27-15-5-2-6-16-27)26-18-19-9-11-21(12-10-19)20-7-3-1-4-8-20/h1,3-4,7-14,17,26H,2,5-6,15-16,18H2. The van der Waals surface area contributed by atoms with Crippen molar-refractivity contribution in [3.63, 3.8) is 0 Å². The van der Waals surface area contributed by atoms with Crippen LogP contribution in [0, 0.1) is 0 Å². The Morgan fingerprint density at radius 2 is 1.48 bits per heavy atom. The van der Waals surface area contributed by atoms with Crippen LogP contribution in [0.2, 0.25) is 5.02 Å². The van der Waals surface area contributed by atoms with E-state index in [4.69, 9.17) is 11.6 Å². The first kappa shape index (κ1) is 17.9. The minimum Gasteiger partial charge on any atom is -0.381 e. The molecule has 27 heavy (non-hydrogen) atoms. The van der Waals surface area contributed by atoms with Crippen LogP contribution in [0.25, 0.3) is 11.1 Å². The zero-order valence-corrected chi connectivity index (χ0v) is 16.3. The Kier molecular flexibility index (Phi) is 5.64. The van der Waals surface area contributed by atoms with Crippen LogP contribution in [0.3, 0.4) is 0 Å². The van der Waals surface area contributed by atoms with Gasteiger partial charge in [0.1, 0.15) is 0 Å². The van der Waals surface area contributed by atoms with Gasteiger partial charge >= 0.3 is 0 Å². The van der Waals surface area contributed by atoms with E-state index in [1.807, 2.05) is 12.1 Å². The van der Waals surface area contributed by atoms with Crippen molar-refractivity contribution in [3.05, 3.63) is 83.4 Å². The normalized spacial score (nSPS) is 14.2. The summed E-state index contributed by atoms with van der Waals surface area (Å²) in [5.41, 5.74) is 5.97. The Morgan fingerprint density at radius 1 is 0.778 bits per heavy atom. The maximum Gasteiger partial charge on any atom is 0.0660 e. The zero-order valence-electron chi connectivity index (χ0n) is 15.5. The Morgan fingerprint density at radius 3 is 2.19 bits per heavy atom. The monoisotopic (exact) mass is 376 g/mol. The average molecular weight is 377 g/mol. The minimum atomic E-state index is 0.786. The van der Waals surface area contributed by atoms with Crippen LogP contribution in [-0.4, -0.2) is 13.1 Å². The Bertz CT molecular complexity index is 869. The molecular weight excluding hydrogens is 352 g/mol. The van der Waals surface area contributed by atoms with Crippen LogP contribution in [0.5, 0.6) is 0 Å². The number of anilines is 2. The van der Waals surface area contributed by atoms with E-state index in [-0.39, 0.29) is 0 Å². The second kappa shape index (κ2) is 8.49. The summed E-state index contributed by atoms with van der Waals surface area (Å²) in [7, 11) is 0. The predicted octanol–water partition coefficient (Wildman–Crippen LogP) is 6.61. The fourth-order valence-electron chi connectivity index (χ4n) is 3.66. The number of halogens is 1. The quantitative estimate of drug-likeness (QED) is 0.539. The van der Waals surface area contributed by atoms with Gasteiger partial charge < -0.3 is 10.2 Å². The molecule has 0 radical (unpaired) electrons. The second-order valence-corrected chi connectivity index (χ2v) is 7.54. The lowest BCUT2D eigenvalue weighted by molar-refractivity contribution is 0.578. The van der Waals surface area contributed by atoms with Crippen LogP contribution >= 0.6 is 11.6 Å². The van der Waals surface area contributed by atoms with Gasteiger partial charge in [0.15, 0.2) is 0 Å². The highest BCUT2D eigenvalue weighted by atomic mass is 35.5. The van der Waals surface area contributed by atoms with Crippen molar-refractivity contribution in [3.8, 4) is 11.1 Å². The Balaban J connectivity index is 1.39. The van der Waals surface area contributed by atoms with Crippen molar-refractivity contribution in [2.45, 2.75) is 25.8 Å². The van der Waals surface area contributed by atoms with Gasteiger partial charge in [0.05, 0.1) is 10.7 Å². The molecule has 0 amide bonds. The highest BCUT2D eigenvalue weighted by molar-refractivity contribution is 6.33. The lowest BCUT2D eigenvalue weighted by Gasteiger charge is -2.29. The molecule has 2 nitrogen and oxygen atoms in total. The fraction of sp³-hybridized carbons (Fsp3) is 0.250. The number of nitrogens with zero attached hydrogens (tertiary/aromatic N) is 1. The van der Waals surface area contributed by atoms with Gasteiger partial charge in [-0.3, -0.25) is 0 Å². The van der Waals surface area contributed by atoms with E-state index in [1.165, 1.54) is 36.0 Å². The van der Waals surface area contributed by atoms with Gasteiger partial charge in [-0.05, 0) is 54.2 Å². The molecule has 1 heterocycles. The summed E-state index contributed by atoms with van der Waals surface area (Å²) >= 11 is 6.55. The number of hydrogen-bond donors (Lipinski definition) is 1. The highest BCUT2D eigenvalue weighted by Crippen LogP contribution is 2.31. The first-order valence-corrected chi connectivity index (χ1v) is 10.1. The van der Waals surface area contributed by atoms with E-state index in [0.29, 0.717) is 0 Å². The van der Waals surface area contributed by atoms with E-state index in [0.717, 1.165) is 36.0 Å². The maximum absolute atomic E-state index is 6.55. The smallest absolute Gasteiger partial charge is 0.0660 e. The molecule has 4 rings (SSSR count). The molecule has 1 aliphatic heterocycles. The third-order valence-electron chi connectivity index (χ3n) is 5.20. The first-order valence-electron chi connectivity index (χ1n) is 9.72. The van der Waals surface area contributed by atoms with Crippen molar-refractivity contribution < 1.29 is 0 Å². The van der Waals surface area contributed by atoms with Gasteiger partial charge in [0.25, 0.3) is 0 Å². The van der Waals surface area contributed by atoms with E-state index >= 15 is 0 Å². The molecule has 3 aromatic carbocycles. The molecule has 1 fully saturated rings. The summed E-state index contributed by atoms with van der Waals surface area (Å²) in [4.78, 5) is 2.40. The van der Waals surface area contributed by atoms with Crippen LogP contribution < -0.4 is 10.2 Å². The summed E-state index contributed by atoms with van der Waals surface area (Å²) < 4.78 is 0. The maximum atomic E-state index is 6.55. The summed E-state index contributed by atoms with van der Waals surface area (Å²) in [5.74, 6) is 0. The number of hydrogen-bond acceptors (Lipinski definition) is 2. The van der Waals surface area contributed by atoms with Crippen molar-refractivity contribution in [2.75, 3.05) is 23.3 Å². The number of piperidine rings is 1. The van der Waals surface area contributed by atoms with E-state index < -0.39 is 0 Å². The van der Waals surface area contributed by atoms with Crippen molar-refractivity contribution in [1.29, 1.82) is 0 Å². The van der Waals surface area contributed by atoms with E-state index in [9.17, 15) is 0 Å². The van der Waals surface area contributed by atoms with E-state index in [1.54, 1.807) is 0 Å². The molecule has 138 valence electrons. The lowest BCUT2D eigenvalue weighted by Crippen LogP contribution is -2.29. The van der Waals surface area contributed by atoms with Gasteiger partial charge in [-0.1, -0.05) is 66.2 Å². The molecule has 3 aromatic rings. The molecule has 0 aromatic heterocycles. The first-order chi connectivity index (χ1) is 13.3. The highest BCUT2D eigenvalue weighted by Gasteiger charge is 2.14. The molecule has 0 bridgehead atoms. The predicted molar refractivity (Wildman–Crippen MR) is 117 cm³/mol. The molecule has 0 saturated carbocycles. The third-order valence-corrected chi connectivity index (χ3v) is 5.50. The zero-order chi connectivity index (χ0) is 18.5. The lowest BCUT2D eigenvalue weighted by atomic mass is 10.0. The summed E-state index contributed by atoms with van der Waals surface area (Å²) in [6, 6.07) is 25.5. The Labute approximate surface area is 166 Å². The minimum absolute atomic E-state index is 0.786. The Hall–Kier alpha value is -2.45. The summed E-state index contributed by atoms with van der Waals surface area (Å²) in [6.07, 6.45) is 3.85. The molecule has 0 atom stereocenters. The summed E-state index contributed by atoms with van der Waals surface area (Å²) in [5, 5.41) is 4.32. The van der Waals surface area contributed by atoms with Gasteiger partial charge in [-0.2, -0.15) is 0 Å². The molecule has 0 unspecified atom stereocenters. The molecule has 1 aliphatic rings. The largest absolute Gasteiger partial charge is 0.381 e.